The third kappa shape index (κ3) is 1.93. The fraction of sp³-hybridized carbons (Fsp3) is 0.556. The van der Waals surface area contributed by atoms with Gasteiger partial charge in [-0.2, -0.15) is 0 Å². The molecule has 0 spiro atoms. The van der Waals surface area contributed by atoms with E-state index in [0.29, 0.717) is 5.01 Å². The van der Waals surface area contributed by atoms with Crippen molar-refractivity contribution in [3.8, 4) is 0 Å². The van der Waals surface area contributed by atoms with Crippen molar-refractivity contribution < 1.29 is 4.79 Å². The van der Waals surface area contributed by atoms with Gasteiger partial charge in [0.1, 0.15) is 0 Å². The van der Waals surface area contributed by atoms with Gasteiger partial charge in [0.15, 0.2) is 5.01 Å². The Morgan fingerprint density at radius 2 is 2.14 bits per heavy atom. The number of carbonyl (C=O) groups is 1. The van der Waals surface area contributed by atoms with Crippen LogP contribution in [-0.4, -0.2) is 53.9 Å². The minimum atomic E-state index is 0.0769. The third-order valence-electron chi connectivity index (χ3n) is 2.41. The van der Waals surface area contributed by atoms with E-state index in [9.17, 15) is 4.79 Å². The van der Waals surface area contributed by atoms with Crippen molar-refractivity contribution in [3.05, 3.63) is 16.6 Å². The highest BCUT2D eigenvalue weighted by molar-refractivity contribution is 7.11. The highest BCUT2D eigenvalue weighted by Gasteiger charge is 2.21. The maximum Gasteiger partial charge on any atom is 0.282 e. The van der Waals surface area contributed by atoms with Gasteiger partial charge in [-0.05, 0) is 7.05 Å². The first-order chi connectivity index (χ1) is 6.77. The summed E-state index contributed by atoms with van der Waals surface area (Å²) in [6.07, 6.45) is 1.67. The van der Waals surface area contributed by atoms with Crippen molar-refractivity contribution in [3.63, 3.8) is 0 Å². The zero-order valence-corrected chi connectivity index (χ0v) is 8.96. The smallest absolute Gasteiger partial charge is 0.282 e. The molecule has 1 amide bonds. The van der Waals surface area contributed by atoms with Gasteiger partial charge in [-0.25, -0.2) is 4.98 Å². The predicted molar refractivity (Wildman–Crippen MR) is 55.5 cm³/mol. The van der Waals surface area contributed by atoms with Gasteiger partial charge in [0, 0.05) is 37.8 Å². The lowest BCUT2D eigenvalue weighted by atomic mass is 10.3. The van der Waals surface area contributed by atoms with Gasteiger partial charge in [0.25, 0.3) is 5.91 Å². The van der Waals surface area contributed by atoms with Crippen LogP contribution in [0.1, 0.15) is 9.80 Å². The predicted octanol–water partition coefficient (Wildman–Crippen LogP) is 0.531. The molecule has 0 bridgehead atoms. The number of thiazole rings is 1. The average Bonchev–Trinajstić information content (AvgIpc) is 2.71. The number of likely N-dealkylation sites (N-methyl/N-ethyl adjacent to an activating group) is 1. The van der Waals surface area contributed by atoms with Gasteiger partial charge < -0.3 is 9.80 Å². The molecule has 5 heteroatoms. The van der Waals surface area contributed by atoms with E-state index in [4.69, 9.17) is 0 Å². The van der Waals surface area contributed by atoms with E-state index in [0.717, 1.165) is 26.2 Å². The van der Waals surface area contributed by atoms with Crippen molar-refractivity contribution in [2.45, 2.75) is 0 Å². The number of rotatable bonds is 1. The molecule has 0 unspecified atom stereocenters. The summed E-state index contributed by atoms with van der Waals surface area (Å²) in [5.41, 5.74) is 0. The summed E-state index contributed by atoms with van der Waals surface area (Å²) in [6, 6.07) is 0. The van der Waals surface area contributed by atoms with Crippen molar-refractivity contribution in [2.24, 2.45) is 0 Å². The lowest BCUT2D eigenvalue weighted by Gasteiger charge is -2.31. The Labute approximate surface area is 87.2 Å². The van der Waals surface area contributed by atoms with Gasteiger partial charge in [-0.15, -0.1) is 11.3 Å². The van der Waals surface area contributed by atoms with Gasteiger partial charge in [0.05, 0.1) is 0 Å². The molecule has 2 rings (SSSR count). The highest BCUT2D eigenvalue weighted by atomic mass is 32.1. The zero-order chi connectivity index (χ0) is 9.97. The second-order valence-electron chi connectivity index (χ2n) is 3.43. The first kappa shape index (κ1) is 9.61. The molecule has 0 atom stereocenters. The fourth-order valence-corrected chi connectivity index (χ4v) is 2.08. The molecule has 0 radical (unpaired) electrons. The van der Waals surface area contributed by atoms with Crippen LogP contribution in [0.2, 0.25) is 0 Å². The number of hydrogen-bond acceptors (Lipinski definition) is 4. The molecular weight excluding hydrogens is 198 g/mol. The largest absolute Gasteiger partial charge is 0.334 e. The van der Waals surface area contributed by atoms with E-state index < -0.39 is 0 Å². The van der Waals surface area contributed by atoms with E-state index in [1.54, 1.807) is 6.20 Å². The van der Waals surface area contributed by atoms with Crippen LogP contribution in [0, 0.1) is 0 Å². The van der Waals surface area contributed by atoms with Crippen molar-refractivity contribution >= 4 is 17.2 Å². The summed E-state index contributed by atoms with van der Waals surface area (Å²) in [5, 5.41) is 2.44. The Kier molecular flexibility index (Phi) is 2.79. The first-order valence-electron chi connectivity index (χ1n) is 4.64. The molecule has 0 saturated carbocycles. The van der Waals surface area contributed by atoms with E-state index in [1.165, 1.54) is 11.3 Å². The summed E-state index contributed by atoms with van der Waals surface area (Å²) < 4.78 is 0. The van der Waals surface area contributed by atoms with Crippen LogP contribution in [-0.2, 0) is 0 Å². The third-order valence-corrected chi connectivity index (χ3v) is 3.17. The molecular formula is C9H13N3OS. The van der Waals surface area contributed by atoms with E-state index in [-0.39, 0.29) is 5.91 Å². The maximum absolute atomic E-state index is 11.8. The molecule has 0 N–H and O–H groups in total. The monoisotopic (exact) mass is 211 g/mol. The zero-order valence-electron chi connectivity index (χ0n) is 8.14. The Morgan fingerprint density at radius 3 is 2.71 bits per heavy atom. The normalized spacial score (nSPS) is 18.5. The molecule has 1 aliphatic heterocycles. The summed E-state index contributed by atoms with van der Waals surface area (Å²) in [7, 11) is 2.07. The number of carbonyl (C=O) groups excluding carboxylic acids is 1. The van der Waals surface area contributed by atoms with Crippen LogP contribution >= 0.6 is 11.3 Å². The Morgan fingerprint density at radius 1 is 1.43 bits per heavy atom. The quantitative estimate of drug-likeness (QED) is 0.680. The molecule has 0 aromatic carbocycles. The molecule has 1 fully saturated rings. The molecule has 1 aromatic rings. The van der Waals surface area contributed by atoms with E-state index >= 15 is 0 Å². The van der Waals surface area contributed by atoms with Crippen LogP contribution in [0.5, 0.6) is 0 Å². The minimum Gasteiger partial charge on any atom is -0.334 e. The highest BCUT2D eigenvalue weighted by Crippen LogP contribution is 2.10. The lowest BCUT2D eigenvalue weighted by molar-refractivity contribution is 0.0664. The second kappa shape index (κ2) is 4.06. The van der Waals surface area contributed by atoms with Gasteiger partial charge in [0.2, 0.25) is 0 Å². The molecule has 1 saturated heterocycles. The Balaban J connectivity index is 1.99. The van der Waals surface area contributed by atoms with E-state index in [2.05, 4.69) is 16.9 Å². The van der Waals surface area contributed by atoms with Crippen LogP contribution < -0.4 is 0 Å². The average molecular weight is 211 g/mol. The standard InChI is InChI=1S/C9H13N3OS/c1-11-3-5-12(6-4-11)9(13)8-10-2-7-14-8/h2,7H,3-6H2,1H3. The number of nitrogens with zero attached hydrogens (tertiary/aromatic N) is 3. The summed E-state index contributed by atoms with van der Waals surface area (Å²) in [6.45, 7) is 3.54. The molecule has 1 aromatic heterocycles. The second-order valence-corrected chi connectivity index (χ2v) is 4.33. The van der Waals surface area contributed by atoms with Crippen molar-refractivity contribution in [1.29, 1.82) is 0 Å². The first-order valence-corrected chi connectivity index (χ1v) is 5.52. The number of hydrogen-bond donors (Lipinski definition) is 0. The summed E-state index contributed by atoms with van der Waals surface area (Å²) >= 11 is 1.41. The number of piperazine rings is 1. The lowest BCUT2D eigenvalue weighted by Crippen LogP contribution is -2.47. The molecule has 0 aliphatic carbocycles. The van der Waals surface area contributed by atoms with Gasteiger partial charge in [-0.1, -0.05) is 0 Å². The van der Waals surface area contributed by atoms with E-state index in [1.807, 2.05) is 10.3 Å². The van der Waals surface area contributed by atoms with Crippen LogP contribution in [0.4, 0.5) is 0 Å². The van der Waals surface area contributed by atoms with Crippen LogP contribution in [0.25, 0.3) is 0 Å². The van der Waals surface area contributed by atoms with Gasteiger partial charge >= 0.3 is 0 Å². The molecule has 14 heavy (non-hydrogen) atoms. The topological polar surface area (TPSA) is 36.4 Å². The fourth-order valence-electron chi connectivity index (χ4n) is 1.47. The Hall–Kier alpha value is -0.940. The summed E-state index contributed by atoms with van der Waals surface area (Å²) in [4.78, 5) is 19.9. The Bertz CT molecular complexity index is 304. The van der Waals surface area contributed by atoms with Crippen LogP contribution in [0.3, 0.4) is 0 Å². The SMILES string of the molecule is CN1CCN(C(=O)c2nccs2)CC1. The molecule has 2 heterocycles. The van der Waals surface area contributed by atoms with Gasteiger partial charge in [-0.3, -0.25) is 4.79 Å². The molecule has 76 valence electrons. The van der Waals surface area contributed by atoms with Crippen LogP contribution in [0.15, 0.2) is 11.6 Å². The minimum absolute atomic E-state index is 0.0769. The number of amides is 1. The number of aromatic nitrogens is 1. The molecule has 4 nitrogen and oxygen atoms in total. The summed E-state index contributed by atoms with van der Waals surface area (Å²) in [5.74, 6) is 0.0769. The maximum atomic E-state index is 11.8. The van der Waals surface area contributed by atoms with Crippen molar-refractivity contribution in [2.75, 3.05) is 33.2 Å². The van der Waals surface area contributed by atoms with Crippen molar-refractivity contribution in [1.82, 2.24) is 14.8 Å². The molecule has 1 aliphatic rings.